The van der Waals surface area contributed by atoms with Crippen LogP contribution in [0.5, 0.6) is 5.75 Å². The molecular formula is C19H13ClFI2NO3S. The van der Waals surface area contributed by atoms with Crippen molar-refractivity contribution in [3.63, 3.8) is 0 Å². The lowest BCUT2D eigenvalue weighted by Gasteiger charge is -2.14. The van der Waals surface area contributed by atoms with Crippen molar-refractivity contribution in [3.8, 4) is 5.75 Å². The highest BCUT2D eigenvalue weighted by Crippen LogP contribution is 2.36. The first-order chi connectivity index (χ1) is 13.3. The fourth-order valence-electron chi connectivity index (χ4n) is 2.57. The van der Waals surface area contributed by atoms with Gasteiger partial charge in [-0.2, -0.15) is 0 Å². The number of carbonyl (C=O) groups is 2. The van der Waals surface area contributed by atoms with E-state index < -0.39 is 17.0 Å². The summed E-state index contributed by atoms with van der Waals surface area (Å²) in [5, 5.41) is -0.274. The van der Waals surface area contributed by atoms with E-state index in [0.29, 0.717) is 6.61 Å². The number of hydrogen-bond acceptors (Lipinski definition) is 4. The Morgan fingerprint density at radius 2 is 1.93 bits per heavy atom. The van der Waals surface area contributed by atoms with E-state index in [1.807, 2.05) is 19.1 Å². The van der Waals surface area contributed by atoms with E-state index in [2.05, 4.69) is 45.2 Å². The van der Waals surface area contributed by atoms with Crippen molar-refractivity contribution < 1.29 is 18.7 Å². The molecule has 1 aliphatic heterocycles. The van der Waals surface area contributed by atoms with Crippen molar-refractivity contribution in [3.05, 3.63) is 64.3 Å². The summed E-state index contributed by atoms with van der Waals surface area (Å²) in [6.45, 7) is 2.27. The summed E-state index contributed by atoms with van der Waals surface area (Å²) in [7, 11) is 0. The molecule has 0 N–H and O–H groups in total. The van der Waals surface area contributed by atoms with Gasteiger partial charge in [0.1, 0.15) is 11.6 Å². The van der Waals surface area contributed by atoms with Gasteiger partial charge >= 0.3 is 0 Å². The molecule has 1 aliphatic rings. The summed E-state index contributed by atoms with van der Waals surface area (Å²) in [6, 6.07) is 8.02. The molecule has 9 heteroatoms. The van der Waals surface area contributed by atoms with Crippen LogP contribution in [0.3, 0.4) is 0 Å². The SMILES string of the molecule is CCOc1c(I)cc(/C=C2\SC(=O)N(Cc3c(F)cccc3Cl)C2=O)cc1I. The molecule has 3 rings (SSSR count). The van der Waals surface area contributed by atoms with Gasteiger partial charge in [-0.15, -0.1) is 0 Å². The third-order valence-corrected chi connectivity index (χ3v) is 6.72. The van der Waals surface area contributed by atoms with Gasteiger partial charge in [0, 0.05) is 10.6 Å². The maximum atomic E-state index is 14.0. The summed E-state index contributed by atoms with van der Waals surface area (Å²) >= 11 is 11.2. The van der Waals surface area contributed by atoms with Gasteiger partial charge in [-0.25, -0.2) is 4.39 Å². The van der Waals surface area contributed by atoms with Crippen molar-refractivity contribution in [2.45, 2.75) is 13.5 Å². The van der Waals surface area contributed by atoms with Crippen molar-refractivity contribution in [1.29, 1.82) is 0 Å². The molecule has 0 saturated carbocycles. The summed E-state index contributed by atoms with van der Waals surface area (Å²) in [4.78, 5) is 26.3. The molecule has 0 radical (unpaired) electrons. The highest BCUT2D eigenvalue weighted by atomic mass is 127. The molecule has 28 heavy (non-hydrogen) atoms. The summed E-state index contributed by atoms with van der Waals surface area (Å²) < 4.78 is 21.5. The Kier molecular flexibility index (Phi) is 7.26. The molecular weight excluding hydrogens is 631 g/mol. The maximum Gasteiger partial charge on any atom is 0.293 e. The minimum absolute atomic E-state index is 0.123. The molecule has 0 bridgehead atoms. The van der Waals surface area contributed by atoms with Crippen LogP contribution in [0.4, 0.5) is 9.18 Å². The van der Waals surface area contributed by atoms with Crippen LogP contribution < -0.4 is 4.74 Å². The number of hydrogen-bond donors (Lipinski definition) is 0. The normalized spacial score (nSPS) is 15.6. The van der Waals surface area contributed by atoms with Crippen LogP contribution in [0.25, 0.3) is 6.08 Å². The van der Waals surface area contributed by atoms with Crippen LogP contribution in [-0.2, 0) is 11.3 Å². The predicted octanol–water partition coefficient (Wildman–Crippen LogP) is 6.32. The summed E-state index contributed by atoms with van der Waals surface area (Å²) in [5.41, 5.74) is 0.907. The van der Waals surface area contributed by atoms with Crippen LogP contribution in [0.1, 0.15) is 18.1 Å². The standard InChI is InChI=1S/C19H13ClFI2NO3S/c1-2-27-17-14(22)6-10(7-15(17)23)8-16-18(25)24(19(26)28-16)9-11-12(20)4-3-5-13(11)21/h3-8H,2,9H2,1H3/b16-8-. The highest BCUT2D eigenvalue weighted by Gasteiger charge is 2.36. The van der Waals surface area contributed by atoms with Crippen molar-refractivity contribution in [1.82, 2.24) is 4.90 Å². The van der Waals surface area contributed by atoms with Crippen LogP contribution in [-0.4, -0.2) is 22.7 Å². The summed E-state index contributed by atoms with van der Waals surface area (Å²) in [6.07, 6.45) is 1.66. The second-order valence-corrected chi connectivity index (χ2v) is 9.44. The lowest BCUT2D eigenvalue weighted by molar-refractivity contribution is -0.123. The van der Waals surface area contributed by atoms with Gasteiger partial charge in [-0.3, -0.25) is 14.5 Å². The molecule has 1 saturated heterocycles. The Balaban J connectivity index is 1.87. The molecule has 1 heterocycles. The number of benzene rings is 2. The Bertz CT molecular complexity index is 956. The first-order valence-electron chi connectivity index (χ1n) is 8.12. The van der Waals surface area contributed by atoms with Gasteiger partial charge in [0.05, 0.1) is 25.2 Å². The van der Waals surface area contributed by atoms with E-state index in [1.54, 1.807) is 6.08 Å². The molecule has 2 aromatic carbocycles. The number of amides is 2. The predicted molar refractivity (Wildman–Crippen MR) is 126 cm³/mol. The molecule has 0 atom stereocenters. The fourth-order valence-corrected chi connectivity index (χ4v) is 5.76. The Labute approximate surface area is 198 Å². The van der Waals surface area contributed by atoms with Gasteiger partial charge in [0.15, 0.2) is 0 Å². The van der Waals surface area contributed by atoms with Crippen LogP contribution in [0.15, 0.2) is 35.2 Å². The number of ether oxygens (including phenoxy) is 1. The Hall–Kier alpha value is -0.850. The second-order valence-electron chi connectivity index (χ2n) is 5.71. The van der Waals surface area contributed by atoms with Gasteiger partial charge in [-0.1, -0.05) is 17.7 Å². The molecule has 4 nitrogen and oxygen atoms in total. The fraction of sp³-hybridized carbons (Fsp3) is 0.158. The lowest BCUT2D eigenvalue weighted by atomic mass is 10.2. The minimum atomic E-state index is -0.550. The zero-order valence-electron chi connectivity index (χ0n) is 14.5. The average molecular weight is 644 g/mol. The first-order valence-corrected chi connectivity index (χ1v) is 11.5. The summed E-state index contributed by atoms with van der Waals surface area (Å²) in [5.74, 6) is -0.220. The molecule has 1 fully saturated rings. The topological polar surface area (TPSA) is 46.6 Å². The molecule has 0 unspecified atom stereocenters. The quantitative estimate of drug-likeness (QED) is 0.283. The monoisotopic (exact) mass is 643 g/mol. The third kappa shape index (κ3) is 4.65. The largest absolute Gasteiger partial charge is 0.492 e. The van der Waals surface area contributed by atoms with Gasteiger partial charge < -0.3 is 4.74 Å². The number of carbonyl (C=O) groups excluding carboxylic acids is 2. The number of nitrogens with zero attached hydrogens (tertiary/aromatic N) is 1. The Morgan fingerprint density at radius 1 is 1.25 bits per heavy atom. The van der Waals surface area contributed by atoms with Crippen molar-refractivity contribution in [2.75, 3.05) is 6.61 Å². The number of halogens is 4. The molecule has 0 spiro atoms. The van der Waals surface area contributed by atoms with Crippen molar-refractivity contribution in [2.24, 2.45) is 0 Å². The smallest absolute Gasteiger partial charge is 0.293 e. The maximum absolute atomic E-state index is 14.0. The van der Waals surface area contributed by atoms with Gasteiger partial charge in [0.2, 0.25) is 0 Å². The molecule has 2 aromatic rings. The zero-order valence-corrected chi connectivity index (χ0v) is 20.4. The van der Waals surface area contributed by atoms with E-state index in [4.69, 9.17) is 16.3 Å². The van der Waals surface area contributed by atoms with E-state index >= 15 is 0 Å². The third-order valence-electron chi connectivity index (χ3n) is 3.86. The van der Waals surface area contributed by atoms with Crippen LogP contribution in [0.2, 0.25) is 5.02 Å². The van der Waals surface area contributed by atoms with E-state index in [-0.39, 0.29) is 22.0 Å². The average Bonchev–Trinajstić information content (AvgIpc) is 2.88. The van der Waals surface area contributed by atoms with E-state index in [1.165, 1.54) is 18.2 Å². The molecule has 0 aromatic heterocycles. The number of rotatable bonds is 5. The van der Waals surface area contributed by atoms with Gasteiger partial charge in [-0.05, 0) is 99.8 Å². The molecule has 2 amide bonds. The number of imide groups is 1. The van der Waals surface area contributed by atoms with Gasteiger partial charge in [0.25, 0.3) is 11.1 Å². The first kappa shape index (κ1) is 21.8. The minimum Gasteiger partial charge on any atom is -0.492 e. The molecule has 146 valence electrons. The van der Waals surface area contributed by atoms with Crippen LogP contribution >= 0.6 is 68.5 Å². The number of thioether (sulfide) groups is 1. The zero-order chi connectivity index (χ0) is 20.4. The Morgan fingerprint density at radius 3 is 2.54 bits per heavy atom. The molecule has 0 aliphatic carbocycles. The highest BCUT2D eigenvalue weighted by molar-refractivity contribution is 14.1. The second kappa shape index (κ2) is 9.31. The van der Waals surface area contributed by atoms with E-state index in [9.17, 15) is 14.0 Å². The van der Waals surface area contributed by atoms with Crippen molar-refractivity contribution >= 4 is 85.8 Å². The lowest BCUT2D eigenvalue weighted by Crippen LogP contribution is -2.28. The van der Waals surface area contributed by atoms with E-state index in [0.717, 1.165) is 35.1 Å². The van der Waals surface area contributed by atoms with Crippen LogP contribution in [0, 0.1) is 13.0 Å².